The Kier molecular flexibility index (Phi) is 24.2. The Morgan fingerprint density at radius 3 is 1.60 bits per heavy atom. The maximum absolute atomic E-state index is 14.5. The molecule has 0 bridgehead atoms. The molecular weight excluding hydrogens is 1080 g/mol. The highest BCUT2D eigenvalue weighted by molar-refractivity contribution is 6.00. The number of hydrogen-bond donors (Lipinski definition) is 14. The van der Waals surface area contributed by atoms with Crippen molar-refractivity contribution in [3.8, 4) is 5.75 Å². The first-order valence-electron chi connectivity index (χ1n) is 26.8. The van der Waals surface area contributed by atoms with Gasteiger partial charge in [-0.3, -0.25) is 47.9 Å². The van der Waals surface area contributed by atoms with E-state index in [0.717, 1.165) is 10.5 Å². The van der Waals surface area contributed by atoms with Gasteiger partial charge in [-0.2, -0.15) is 0 Å². The van der Waals surface area contributed by atoms with Crippen molar-refractivity contribution in [2.24, 2.45) is 11.7 Å². The number of aliphatic carboxylic acids is 3. The number of nitrogens with one attached hydrogen (secondary N) is 8. The Morgan fingerprint density at radius 2 is 1.08 bits per heavy atom. The van der Waals surface area contributed by atoms with Crippen LogP contribution in [0.3, 0.4) is 0 Å². The van der Waals surface area contributed by atoms with Gasteiger partial charge in [-0.1, -0.05) is 93.1 Å². The smallest absolute Gasteiger partial charge is 0.326 e. The van der Waals surface area contributed by atoms with Crippen LogP contribution in [0.15, 0.2) is 97.5 Å². The van der Waals surface area contributed by atoms with Crippen molar-refractivity contribution in [2.75, 3.05) is 6.54 Å². The van der Waals surface area contributed by atoms with E-state index in [4.69, 9.17) is 5.73 Å². The second-order valence-corrected chi connectivity index (χ2v) is 20.3. The van der Waals surface area contributed by atoms with E-state index in [2.05, 4.69) is 47.2 Å². The van der Waals surface area contributed by atoms with Gasteiger partial charge in [0.15, 0.2) is 0 Å². The molecule has 83 heavy (non-hydrogen) atoms. The molecule has 1 aliphatic rings. The van der Waals surface area contributed by atoms with E-state index in [9.17, 15) is 78.3 Å². The van der Waals surface area contributed by atoms with Crippen LogP contribution in [0.5, 0.6) is 5.75 Å². The van der Waals surface area contributed by atoms with Crippen molar-refractivity contribution in [1.82, 2.24) is 52.1 Å². The fraction of sp³-hybridized carbons (Fsp3) is 0.429. The number of nitrogens with zero attached hydrogens (tertiary/aromatic N) is 2. The van der Waals surface area contributed by atoms with Crippen LogP contribution < -0.4 is 43.0 Å². The average molecular weight is 1150 g/mol. The second-order valence-electron chi connectivity index (χ2n) is 20.3. The van der Waals surface area contributed by atoms with E-state index < -0.39 is 144 Å². The number of carbonyl (C=O) groups is 11. The Labute approximate surface area is 476 Å². The van der Waals surface area contributed by atoms with Gasteiger partial charge in [-0.25, -0.2) is 9.78 Å². The molecule has 0 aliphatic carbocycles. The summed E-state index contributed by atoms with van der Waals surface area (Å²) < 4.78 is 0. The third-order valence-corrected chi connectivity index (χ3v) is 13.9. The van der Waals surface area contributed by atoms with Gasteiger partial charge in [0.1, 0.15) is 54.1 Å². The lowest BCUT2D eigenvalue weighted by atomic mass is 9.96. The molecule has 11 atom stereocenters. The van der Waals surface area contributed by atoms with Crippen LogP contribution in [0.2, 0.25) is 0 Å². The minimum atomic E-state index is -2.04. The van der Waals surface area contributed by atoms with Crippen molar-refractivity contribution < 1.29 is 78.3 Å². The summed E-state index contributed by atoms with van der Waals surface area (Å²) in [5.74, 6) is -13.4. The normalized spacial score (nSPS) is 16.5. The van der Waals surface area contributed by atoms with Crippen LogP contribution in [-0.2, 0) is 78.4 Å². The monoisotopic (exact) mass is 1150 g/mol. The standard InChI is InChI=1S/C56H71N11O16/c1-4-30(2)46(65-48(74)37(57)22-32-12-7-5-8-13-32)54(80)63-41(27-45(72)73)51(77)61-40(26-44(70)71)50(76)60-39(23-33-14-9-6-10-15-33)52(78)66-47(31(3)68)55(81)67-21-11-16-43(67)53(79)62-38(24-34-17-19-36(69)20-18-34)49(75)64-42(56(82)83)25-35-28-58-29-59-35/h5-10,12-15,17-20,28-31,37-43,46-47,68-69H,4,11,16,21-27,57H2,1-3H3,(H,58,59)(H,60,76)(H,61,77)(H,62,79)(H,63,80)(H,64,75)(H,65,74)(H,66,78)(H,70,71)(H,72,73)(H,82,83)/t30-,31+,37-,38-,39-,40-,41-,42-,43-,46-,47-/m0/s1. The number of aliphatic hydroxyl groups is 1. The first-order valence-corrected chi connectivity index (χ1v) is 26.8. The summed E-state index contributed by atoms with van der Waals surface area (Å²) in [6.45, 7) is 4.43. The summed E-state index contributed by atoms with van der Waals surface area (Å²) in [5.41, 5.74) is 8.18. The van der Waals surface area contributed by atoms with Crippen molar-refractivity contribution in [3.05, 3.63) is 120 Å². The summed E-state index contributed by atoms with van der Waals surface area (Å²) in [6.07, 6.45) is -1.17. The van der Waals surface area contributed by atoms with Gasteiger partial charge in [-0.05, 0) is 60.9 Å². The van der Waals surface area contributed by atoms with Gasteiger partial charge in [0.05, 0.1) is 31.3 Å². The number of aliphatic hydroxyl groups excluding tert-OH is 1. The topological polar surface area (TPSA) is 431 Å². The molecule has 27 heteroatoms. The highest BCUT2D eigenvalue weighted by Gasteiger charge is 2.42. The number of carboxylic acids is 3. The summed E-state index contributed by atoms with van der Waals surface area (Å²) in [7, 11) is 0. The number of likely N-dealkylation sites (tertiary alicyclic amines) is 1. The highest BCUT2D eigenvalue weighted by Crippen LogP contribution is 2.21. The van der Waals surface area contributed by atoms with Gasteiger partial charge in [-0.15, -0.1) is 0 Å². The van der Waals surface area contributed by atoms with Gasteiger partial charge in [0, 0.05) is 37.7 Å². The summed E-state index contributed by atoms with van der Waals surface area (Å²) in [5, 5.41) is 67.6. The quantitative estimate of drug-likeness (QED) is 0.0274. The number of nitrogens with two attached hydrogens (primary N) is 1. The number of H-pyrrole nitrogens is 1. The zero-order valence-electron chi connectivity index (χ0n) is 45.9. The Hall–Kier alpha value is -9.24. The zero-order chi connectivity index (χ0) is 60.9. The number of aromatic amines is 1. The summed E-state index contributed by atoms with van der Waals surface area (Å²) in [6, 6.07) is 8.36. The Morgan fingerprint density at radius 1 is 0.602 bits per heavy atom. The molecule has 1 aliphatic heterocycles. The number of aromatic hydroxyl groups is 1. The zero-order valence-corrected chi connectivity index (χ0v) is 45.9. The van der Waals surface area contributed by atoms with E-state index in [0.29, 0.717) is 23.2 Å². The van der Waals surface area contributed by atoms with Crippen LogP contribution in [0.4, 0.5) is 0 Å². The molecule has 8 amide bonds. The van der Waals surface area contributed by atoms with Crippen LogP contribution in [-0.4, -0.2) is 173 Å². The van der Waals surface area contributed by atoms with E-state index >= 15 is 0 Å². The van der Waals surface area contributed by atoms with Crippen LogP contribution >= 0.6 is 0 Å². The van der Waals surface area contributed by atoms with Gasteiger partial charge < -0.3 is 78.4 Å². The average Bonchev–Trinajstić information content (AvgIpc) is 4.40. The molecule has 1 saturated heterocycles. The van der Waals surface area contributed by atoms with Crippen molar-refractivity contribution in [3.63, 3.8) is 0 Å². The number of aromatic nitrogens is 2. The third kappa shape index (κ3) is 19.8. The Balaban J connectivity index is 1.33. The number of benzene rings is 3. The van der Waals surface area contributed by atoms with E-state index in [1.807, 2.05) is 0 Å². The molecule has 446 valence electrons. The molecule has 0 unspecified atom stereocenters. The first-order chi connectivity index (χ1) is 39.4. The number of carboxylic acid groups (broad SMARTS) is 3. The summed E-state index contributed by atoms with van der Waals surface area (Å²) >= 11 is 0. The summed E-state index contributed by atoms with van der Waals surface area (Å²) in [4.78, 5) is 156. The van der Waals surface area contributed by atoms with Gasteiger partial charge >= 0.3 is 17.9 Å². The number of imidazole rings is 1. The van der Waals surface area contributed by atoms with Crippen LogP contribution in [0.25, 0.3) is 0 Å². The van der Waals surface area contributed by atoms with E-state index in [1.165, 1.54) is 43.7 Å². The van der Waals surface area contributed by atoms with Crippen molar-refractivity contribution >= 4 is 65.2 Å². The number of phenolic OH excluding ortho intramolecular Hbond substituents is 1. The van der Waals surface area contributed by atoms with Crippen LogP contribution in [0.1, 0.15) is 75.3 Å². The molecule has 15 N–H and O–H groups in total. The Bertz CT molecular complexity index is 2900. The van der Waals surface area contributed by atoms with Crippen molar-refractivity contribution in [1.29, 1.82) is 0 Å². The fourth-order valence-electron chi connectivity index (χ4n) is 9.11. The number of hydrogen-bond acceptors (Lipinski definition) is 15. The molecule has 3 aromatic carbocycles. The van der Waals surface area contributed by atoms with E-state index in [-0.39, 0.29) is 50.8 Å². The fourth-order valence-corrected chi connectivity index (χ4v) is 9.11. The lowest BCUT2D eigenvalue weighted by Crippen LogP contribution is -2.62. The molecule has 1 aromatic heterocycles. The predicted molar refractivity (Wildman–Crippen MR) is 294 cm³/mol. The molecule has 5 rings (SSSR count). The lowest BCUT2D eigenvalue weighted by molar-refractivity contribution is -0.145. The molecule has 0 saturated carbocycles. The number of carbonyl (C=O) groups excluding carboxylic acids is 8. The van der Waals surface area contributed by atoms with Crippen LogP contribution in [0, 0.1) is 5.92 Å². The SMILES string of the molecule is CC[C@H](C)[C@H](NC(=O)[C@@H](N)Cc1ccccc1)C(=O)N[C@@H](CC(=O)O)C(=O)N[C@@H](CC(=O)O)C(=O)N[C@@H](Cc1ccccc1)C(=O)N[C@H](C(=O)N1CCC[C@H]1C(=O)N[C@@H](Cc1ccc(O)cc1)C(=O)N[C@@H](Cc1cnc[nH]1)C(=O)O)[C@@H](C)O. The molecule has 2 heterocycles. The lowest BCUT2D eigenvalue weighted by Gasteiger charge is -2.32. The maximum atomic E-state index is 14.5. The molecular formula is C56H71N11O16. The molecule has 0 spiro atoms. The largest absolute Gasteiger partial charge is 0.508 e. The third-order valence-electron chi connectivity index (χ3n) is 13.9. The van der Waals surface area contributed by atoms with Gasteiger partial charge in [0.2, 0.25) is 47.3 Å². The van der Waals surface area contributed by atoms with Gasteiger partial charge in [0.25, 0.3) is 0 Å². The molecule has 0 radical (unpaired) electrons. The molecule has 1 fully saturated rings. The molecule has 4 aromatic rings. The molecule has 27 nitrogen and oxygen atoms in total. The first kappa shape index (κ1) is 64.6. The number of phenols is 1. The number of amides is 8. The second kappa shape index (κ2) is 31.1. The van der Waals surface area contributed by atoms with E-state index in [1.54, 1.807) is 74.5 Å². The maximum Gasteiger partial charge on any atom is 0.326 e. The van der Waals surface area contributed by atoms with Crippen molar-refractivity contribution in [2.45, 2.75) is 139 Å². The number of rotatable bonds is 31. The predicted octanol–water partition coefficient (Wildman–Crippen LogP) is -1.44. The minimum absolute atomic E-state index is 0.0441. The highest BCUT2D eigenvalue weighted by atomic mass is 16.4. The minimum Gasteiger partial charge on any atom is -0.508 e.